The van der Waals surface area contributed by atoms with E-state index in [1.165, 1.54) is 92.0 Å². The van der Waals surface area contributed by atoms with Gasteiger partial charge in [0.05, 0.1) is 0 Å². The standard InChI is InChI=1S/C27H33.2ClH.Zr/c1-18-13-22-15-23-14-19(2)25(21-11-7-4-8-12-21)17-27(23)26(22)16-24(18)20-9-5-3-6-10-20;;;/h13,16-17,20-21H,3-12,15H2,1-2H3;2*1H;/q-1;;;+3/p-2. The topological polar surface area (TPSA) is 0 Å². The average Bonchev–Trinajstić information content (AvgIpc) is 3.03. The zero-order valence-corrected chi connectivity index (χ0v) is 22.4. The number of aryl methyl sites for hydroxylation is 2. The molecular formula is C27H33Cl2Zr. The summed E-state index contributed by atoms with van der Waals surface area (Å²) in [4.78, 5) is 0. The van der Waals surface area contributed by atoms with E-state index >= 15 is 0 Å². The van der Waals surface area contributed by atoms with Crippen LogP contribution in [0.5, 0.6) is 0 Å². The number of halogens is 2. The number of hydrogen-bond donors (Lipinski definition) is 0. The van der Waals surface area contributed by atoms with E-state index in [1.807, 2.05) is 0 Å². The van der Waals surface area contributed by atoms with Crippen molar-refractivity contribution in [3.63, 3.8) is 0 Å². The molecule has 0 unspecified atom stereocenters. The summed E-state index contributed by atoms with van der Waals surface area (Å²) in [6, 6.07) is 11.5. The fraction of sp³-hybridized carbons (Fsp3) is 0.556. The predicted molar refractivity (Wildman–Crippen MR) is 115 cm³/mol. The van der Waals surface area contributed by atoms with E-state index in [2.05, 4.69) is 38.1 Å². The molecule has 0 nitrogen and oxygen atoms in total. The van der Waals surface area contributed by atoms with Crippen LogP contribution in [-0.2, 0) is 32.6 Å². The van der Waals surface area contributed by atoms with E-state index in [0.717, 1.165) is 18.3 Å². The van der Waals surface area contributed by atoms with Gasteiger partial charge in [-0.1, -0.05) is 81.9 Å². The maximum Gasteiger partial charge on any atom is 3.00 e. The molecule has 3 aliphatic rings. The van der Waals surface area contributed by atoms with Gasteiger partial charge < -0.3 is 24.8 Å². The third-order valence-corrected chi connectivity index (χ3v) is 7.64. The molecule has 0 N–H and O–H groups in total. The Labute approximate surface area is 214 Å². The second-order valence-electron chi connectivity index (χ2n) is 9.45. The number of fused-ring (bicyclic) bond motifs is 3. The second-order valence-corrected chi connectivity index (χ2v) is 9.45. The molecule has 0 aromatic heterocycles. The smallest absolute Gasteiger partial charge is 1.00 e. The predicted octanol–water partition coefficient (Wildman–Crippen LogP) is 1.78. The van der Waals surface area contributed by atoms with Gasteiger partial charge in [0.1, 0.15) is 0 Å². The van der Waals surface area contributed by atoms with Crippen molar-refractivity contribution in [2.24, 2.45) is 0 Å². The van der Waals surface area contributed by atoms with Gasteiger partial charge in [-0.25, -0.2) is 0 Å². The fourth-order valence-electron chi connectivity index (χ4n) is 6.16. The summed E-state index contributed by atoms with van der Waals surface area (Å²) in [6.07, 6.45) is 15.1. The summed E-state index contributed by atoms with van der Waals surface area (Å²) in [5.74, 6) is 1.56. The Morgan fingerprint density at radius 2 is 1.23 bits per heavy atom. The normalized spacial score (nSPS) is 18.5. The molecule has 0 amide bonds. The number of benzene rings is 2. The van der Waals surface area contributed by atoms with Gasteiger partial charge in [0, 0.05) is 0 Å². The molecule has 0 heterocycles. The van der Waals surface area contributed by atoms with Crippen LogP contribution in [0.1, 0.15) is 109 Å². The van der Waals surface area contributed by atoms with Crippen LogP contribution in [0.4, 0.5) is 0 Å². The molecule has 0 atom stereocenters. The number of rotatable bonds is 2. The maximum absolute atomic E-state index is 3.82. The van der Waals surface area contributed by atoms with Crippen LogP contribution in [0, 0.1) is 19.9 Å². The van der Waals surface area contributed by atoms with Gasteiger partial charge in [0.15, 0.2) is 0 Å². The molecule has 2 fully saturated rings. The molecule has 30 heavy (non-hydrogen) atoms. The third-order valence-electron chi connectivity index (χ3n) is 7.64. The fourth-order valence-corrected chi connectivity index (χ4v) is 6.16. The second kappa shape index (κ2) is 11.2. The Morgan fingerprint density at radius 1 is 0.700 bits per heavy atom. The van der Waals surface area contributed by atoms with Crippen molar-refractivity contribution in [3.8, 4) is 11.1 Å². The van der Waals surface area contributed by atoms with Gasteiger partial charge in [0.2, 0.25) is 0 Å². The Balaban J connectivity index is 0.00000107. The van der Waals surface area contributed by atoms with E-state index < -0.39 is 0 Å². The molecule has 159 valence electrons. The van der Waals surface area contributed by atoms with Gasteiger partial charge in [-0.15, -0.1) is 16.7 Å². The first-order valence-electron chi connectivity index (χ1n) is 11.4. The first-order valence-corrected chi connectivity index (χ1v) is 11.4. The van der Waals surface area contributed by atoms with Crippen molar-refractivity contribution in [1.29, 1.82) is 0 Å². The molecule has 2 saturated carbocycles. The number of hydrogen-bond acceptors (Lipinski definition) is 0. The van der Waals surface area contributed by atoms with Crippen molar-refractivity contribution in [2.75, 3.05) is 0 Å². The van der Waals surface area contributed by atoms with E-state index in [0.29, 0.717) is 0 Å². The Bertz CT molecular complexity index is 790. The van der Waals surface area contributed by atoms with Crippen molar-refractivity contribution >= 4 is 0 Å². The Hall–Kier alpha value is -0.0969. The van der Waals surface area contributed by atoms with E-state index in [9.17, 15) is 0 Å². The van der Waals surface area contributed by atoms with Crippen molar-refractivity contribution in [2.45, 2.75) is 96.3 Å². The van der Waals surface area contributed by atoms with Crippen LogP contribution < -0.4 is 24.8 Å². The van der Waals surface area contributed by atoms with E-state index in [-0.39, 0.29) is 51.0 Å². The summed E-state index contributed by atoms with van der Waals surface area (Å²) >= 11 is 0. The van der Waals surface area contributed by atoms with E-state index in [4.69, 9.17) is 0 Å². The van der Waals surface area contributed by atoms with Gasteiger partial charge in [-0.2, -0.15) is 17.7 Å². The molecule has 0 aliphatic heterocycles. The third kappa shape index (κ3) is 4.95. The summed E-state index contributed by atoms with van der Waals surface area (Å²) in [5.41, 5.74) is 12.2. The monoisotopic (exact) mass is 517 g/mol. The molecule has 0 bridgehead atoms. The molecule has 2 aromatic rings. The minimum Gasteiger partial charge on any atom is -1.00 e. The SMILES string of the molecule is Cc1[c-]c2c(cc1C1CCCCC1)-c1cc(C3CCCCC3)c(C)cc1C2.[Cl-].[Cl-].[Zr+3]. The van der Waals surface area contributed by atoms with Gasteiger partial charge in [0.25, 0.3) is 0 Å². The molecule has 3 aliphatic carbocycles. The first-order chi connectivity index (χ1) is 13.2. The van der Waals surface area contributed by atoms with Crippen molar-refractivity contribution in [3.05, 3.63) is 57.6 Å². The Morgan fingerprint density at radius 3 is 1.83 bits per heavy atom. The minimum absolute atomic E-state index is 0. The van der Waals surface area contributed by atoms with Gasteiger partial charge in [-0.05, 0) is 48.8 Å². The minimum atomic E-state index is 0. The van der Waals surface area contributed by atoms with Crippen LogP contribution in [0.15, 0.2) is 18.2 Å². The molecule has 2 aromatic carbocycles. The molecule has 0 spiro atoms. The quantitative estimate of drug-likeness (QED) is 0.453. The Kier molecular flexibility index (Phi) is 9.73. The van der Waals surface area contributed by atoms with Crippen LogP contribution in [0.3, 0.4) is 0 Å². The van der Waals surface area contributed by atoms with Crippen LogP contribution in [-0.4, -0.2) is 0 Å². The van der Waals surface area contributed by atoms with Crippen LogP contribution in [0.25, 0.3) is 11.1 Å². The molecule has 0 saturated heterocycles. The summed E-state index contributed by atoms with van der Waals surface area (Å²) in [6.45, 7) is 4.64. The zero-order valence-electron chi connectivity index (χ0n) is 18.4. The average molecular weight is 520 g/mol. The summed E-state index contributed by atoms with van der Waals surface area (Å²) in [7, 11) is 0. The summed E-state index contributed by atoms with van der Waals surface area (Å²) in [5, 5.41) is 0. The molecule has 3 heteroatoms. The summed E-state index contributed by atoms with van der Waals surface area (Å²) < 4.78 is 0. The van der Waals surface area contributed by atoms with Crippen molar-refractivity contribution in [1.82, 2.24) is 0 Å². The van der Waals surface area contributed by atoms with Crippen LogP contribution in [0.2, 0.25) is 0 Å². The van der Waals surface area contributed by atoms with Gasteiger partial charge in [-0.3, -0.25) is 0 Å². The van der Waals surface area contributed by atoms with Crippen molar-refractivity contribution < 1.29 is 51.0 Å². The zero-order chi connectivity index (χ0) is 18.4. The van der Waals surface area contributed by atoms with Gasteiger partial charge >= 0.3 is 26.2 Å². The molecule has 5 rings (SSSR count). The molecule has 1 radical (unpaired) electrons. The van der Waals surface area contributed by atoms with E-state index in [1.54, 1.807) is 16.7 Å². The molecular weight excluding hydrogens is 486 g/mol. The first kappa shape index (κ1) is 26.2. The maximum atomic E-state index is 3.82. The van der Waals surface area contributed by atoms with Crippen LogP contribution >= 0.6 is 0 Å². The largest absolute Gasteiger partial charge is 3.00 e.